The Labute approximate surface area is 149 Å². The number of hydrogen-bond donors (Lipinski definition) is 0. The van der Waals surface area contributed by atoms with Crippen LogP contribution in [0.5, 0.6) is 0 Å². The summed E-state index contributed by atoms with van der Waals surface area (Å²) in [6.45, 7) is 4.83. The topological polar surface area (TPSA) is 65.3 Å². The van der Waals surface area contributed by atoms with Crippen LogP contribution in [0.15, 0.2) is 0 Å². The summed E-state index contributed by atoms with van der Waals surface area (Å²) in [5.41, 5.74) is 0. The first-order valence-electron chi connectivity index (χ1n) is 10.0. The summed E-state index contributed by atoms with van der Waals surface area (Å²) in [7, 11) is 0. The Hall–Kier alpha value is -0.240. The number of fused-ring (bicyclic) bond motifs is 1. The molecule has 5 aliphatic rings. The van der Waals surface area contributed by atoms with Gasteiger partial charge in [0.1, 0.15) is 18.3 Å². The zero-order valence-electron chi connectivity index (χ0n) is 14.8. The van der Waals surface area contributed by atoms with Gasteiger partial charge in [0.25, 0.3) is 0 Å². The minimum Gasteiger partial charge on any atom is -0.375 e. The Balaban J connectivity index is 1.17. The predicted molar refractivity (Wildman–Crippen MR) is 88.5 cm³/mol. The van der Waals surface area contributed by atoms with Crippen LogP contribution in [0.1, 0.15) is 32.1 Å². The van der Waals surface area contributed by atoms with Crippen molar-refractivity contribution in [1.82, 2.24) is 0 Å². The van der Waals surface area contributed by atoms with Gasteiger partial charge in [-0.15, -0.1) is 0 Å². The minimum atomic E-state index is 0.293. The molecule has 2 saturated carbocycles. The van der Waals surface area contributed by atoms with E-state index in [1.165, 1.54) is 6.42 Å². The van der Waals surface area contributed by atoms with E-state index in [0.29, 0.717) is 48.5 Å². The molecule has 3 saturated heterocycles. The second-order valence-corrected chi connectivity index (χ2v) is 8.36. The van der Waals surface area contributed by atoms with Gasteiger partial charge in [0.2, 0.25) is 0 Å². The third-order valence-corrected chi connectivity index (χ3v) is 6.27. The maximum atomic E-state index is 6.28. The quantitative estimate of drug-likeness (QED) is 0.586. The van der Waals surface area contributed by atoms with Gasteiger partial charge in [-0.2, -0.15) is 0 Å². The van der Waals surface area contributed by atoms with Crippen LogP contribution in [0.4, 0.5) is 0 Å². The van der Waals surface area contributed by atoms with Crippen molar-refractivity contribution in [3.05, 3.63) is 0 Å². The summed E-state index contributed by atoms with van der Waals surface area (Å²) in [4.78, 5) is 0. The van der Waals surface area contributed by atoms with E-state index in [1.54, 1.807) is 0 Å². The molecule has 6 heteroatoms. The number of hydrogen-bond acceptors (Lipinski definition) is 6. The van der Waals surface area contributed by atoms with Crippen molar-refractivity contribution in [2.75, 3.05) is 39.6 Å². The molecule has 0 aromatic carbocycles. The van der Waals surface area contributed by atoms with Crippen LogP contribution in [0.2, 0.25) is 0 Å². The summed E-state index contributed by atoms with van der Waals surface area (Å²) in [6.07, 6.45) is 7.63. The SMILES string of the molecule is C1CC2C(CC1OCC1CO1)CC(OCC1CO1)CC2OCC1CO1. The van der Waals surface area contributed by atoms with E-state index in [-0.39, 0.29) is 0 Å². The maximum absolute atomic E-state index is 6.28. The number of epoxide rings is 3. The smallest absolute Gasteiger partial charge is 0.104 e. The number of rotatable bonds is 9. The molecule has 2 aliphatic carbocycles. The first-order chi connectivity index (χ1) is 12.3. The molecule has 0 amide bonds. The average Bonchev–Trinajstić information content (AvgIpc) is 3.48. The molecule has 3 heterocycles. The minimum absolute atomic E-state index is 0.293. The highest BCUT2D eigenvalue weighted by Crippen LogP contribution is 2.44. The van der Waals surface area contributed by atoms with Crippen molar-refractivity contribution in [3.8, 4) is 0 Å². The van der Waals surface area contributed by atoms with Crippen LogP contribution in [-0.2, 0) is 28.4 Å². The molecule has 5 rings (SSSR count). The lowest BCUT2D eigenvalue weighted by molar-refractivity contribution is -0.124. The van der Waals surface area contributed by atoms with Crippen LogP contribution in [0, 0.1) is 11.8 Å². The summed E-state index contributed by atoms with van der Waals surface area (Å²) in [6, 6.07) is 0. The Morgan fingerprint density at radius 2 is 1.20 bits per heavy atom. The van der Waals surface area contributed by atoms with Crippen molar-refractivity contribution in [3.63, 3.8) is 0 Å². The highest BCUT2D eigenvalue weighted by atomic mass is 16.6. The third kappa shape index (κ3) is 4.73. The van der Waals surface area contributed by atoms with Gasteiger partial charge in [-0.25, -0.2) is 0 Å². The second-order valence-electron chi connectivity index (χ2n) is 8.36. The van der Waals surface area contributed by atoms with Gasteiger partial charge in [0.05, 0.1) is 58.0 Å². The molecule has 142 valence electrons. The van der Waals surface area contributed by atoms with Crippen LogP contribution < -0.4 is 0 Å². The first kappa shape index (κ1) is 16.9. The highest BCUT2D eigenvalue weighted by molar-refractivity contribution is 4.93. The molecule has 0 bridgehead atoms. The highest BCUT2D eigenvalue weighted by Gasteiger charge is 2.44. The van der Waals surface area contributed by atoms with Gasteiger partial charge in [-0.3, -0.25) is 0 Å². The molecule has 0 N–H and O–H groups in total. The van der Waals surface area contributed by atoms with Gasteiger partial charge in [-0.1, -0.05) is 0 Å². The van der Waals surface area contributed by atoms with Gasteiger partial charge >= 0.3 is 0 Å². The Morgan fingerprint density at radius 3 is 1.84 bits per heavy atom. The zero-order valence-corrected chi connectivity index (χ0v) is 14.8. The van der Waals surface area contributed by atoms with E-state index in [2.05, 4.69) is 0 Å². The normalized spacial score (nSPS) is 48.0. The van der Waals surface area contributed by atoms with Crippen molar-refractivity contribution < 1.29 is 28.4 Å². The molecular weight excluding hydrogens is 324 g/mol. The van der Waals surface area contributed by atoms with Crippen LogP contribution >= 0.6 is 0 Å². The Morgan fingerprint density at radius 1 is 0.640 bits per heavy atom. The van der Waals surface area contributed by atoms with E-state index >= 15 is 0 Å². The lowest BCUT2D eigenvalue weighted by Gasteiger charge is -2.46. The van der Waals surface area contributed by atoms with Gasteiger partial charge < -0.3 is 28.4 Å². The molecule has 0 aromatic rings. The van der Waals surface area contributed by atoms with E-state index in [0.717, 1.165) is 65.3 Å². The summed E-state index contributed by atoms with van der Waals surface area (Å²) < 4.78 is 34.4. The molecule has 3 aliphatic heterocycles. The maximum Gasteiger partial charge on any atom is 0.104 e. The standard InChI is InChI=1S/C19H30O6/c1-2-18-12(3-13(1)20-6-15-8-22-15)4-14(21-7-16-9-23-16)5-19(18)25-11-17-10-24-17/h12-19H,1-11H2. The first-order valence-corrected chi connectivity index (χ1v) is 10.0. The molecule has 0 radical (unpaired) electrons. The fraction of sp³-hybridized carbons (Fsp3) is 1.00. The monoisotopic (exact) mass is 354 g/mol. The molecule has 0 aromatic heterocycles. The van der Waals surface area contributed by atoms with Crippen LogP contribution in [-0.4, -0.2) is 76.3 Å². The fourth-order valence-corrected chi connectivity index (χ4v) is 4.56. The van der Waals surface area contributed by atoms with Gasteiger partial charge in [0, 0.05) is 6.42 Å². The van der Waals surface area contributed by atoms with Crippen molar-refractivity contribution in [2.45, 2.75) is 68.7 Å². The summed E-state index contributed by atoms with van der Waals surface area (Å²) >= 11 is 0. The zero-order chi connectivity index (χ0) is 16.6. The predicted octanol–water partition coefficient (Wildman–Crippen LogP) is 1.55. The molecule has 6 nitrogen and oxygen atoms in total. The molecule has 25 heavy (non-hydrogen) atoms. The summed E-state index contributed by atoms with van der Waals surface area (Å²) in [5.74, 6) is 1.29. The summed E-state index contributed by atoms with van der Waals surface area (Å²) in [5, 5.41) is 0. The van der Waals surface area contributed by atoms with E-state index in [4.69, 9.17) is 28.4 Å². The molecule has 8 unspecified atom stereocenters. The van der Waals surface area contributed by atoms with Crippen molar-refractivity contribution >= 4 is 0 Å². The molecule has 0 spiro atoms. The molecule has 5 fully saturated rings. The van der Waals surface area contributed by atoms with Crippen LogP contribution in [0.25, 0.3) is 0 Å². The van der Waals surface area contributed by atoms with E-state index in [9.17, 15) is 0 Å². The van der Waals surface area contributed by atoms with E-state index < -0.39 is 0 Å². The van der Waals surface area contributed by atoms with Crippen LogP contribution in [0.3, 0.4) is 0 Å². The molecule has 8 atom stereocenters. The van der Waals surface area contributed by atoms with Crippen molar-refractivity contribution in [1.29, 1.82) is 0 Å². The average molecular weight is 354 g/mol. The Bertz CT molecular complexity index is 445. The largest absolute Gasteiger partial charge is 0.375 e. The van der Waals surface area contributed by atoms with Gasteiger partial charge in [0.15, 0.2) is 0 Å². The lowest BCUT2D eigenvalue weighted by atomic mass is 9.67. The lowest BCUT2D eigenvalue weighted by Crippen LogP contribution is -2.46. The van der Waals surface area contributed by atoms with E-state index in [1.807, 2.05) is 0 Å². The second kappa shape index (κ2) is 7.41. The van der Waals surface area contributed by atoms with Gasteiger partial charge in [-0.05, 0) is 37.5 Å². The Kier molecular flexibility index (Phi) is 5.01. The number of ether oxygens (including phenoxy) is 6. The molecular formula is C19H30O6. The van der Waals surface area contributed by atoms with Crippen molar-refractivity contribution in [2.24, 2.45) is 11.8 Å². The third-order valence-electron chi connectivity index (χ3n) is 6.27. The fourth-order valence-electron chi connectivity index (χ4n) is 4.56.